The second-order valence-electron chi connectivity index (χ2n) is 4.27. The molecule has 0 aliphatic heterocycles. The van der Waals surface area contributed by atoms with Crippen molar-refractivity contribution in [2.75, 3.05) is 0 Å². The van der Waals surface area contributed by atoms with Gasteiger partial charge in [0.05, 0.1) is 0 Å². The molecule has 0 saturated carbocycles. The fourth-order valence-corrected chi connectivity index (χ4v) is 1.13. The molecule has 1 rings (SSSR count). The molecule has 1 aliphatic rings. The van der Waals surface area contributed by atoms with E-state index in [0.717, 1.165) is 12.8 Å². The number of hydroxylamine groups is 1. The van der Waals surface area contributed by atoms with E-state index in [-0.39, 0.29) is 6.10 Å². The topological polar surface area (TPSA) is 47.6 Å². The molecule has 4 heteroatoms. The standard InChI is InChI=1S/C10H17NO3/c1-10(2,3)13-9(12)11-14-8-6-4-5-7-8/h4,6,8H,5,7H2,1-3H3,(H,11,12). The van der Waals surface area contributed by atoms with Crippen LogP contribution in [-0.2, 0) is 9.57 Å². The van der Waals surface area contributed by atoms with E-state index in [9.17, 15) is 4.79 Å². The minimum absolute atomic E-state index is 0.0116. The molecule has 4 nitrogen and oxygen atoms in total. The maximum Gasteiger partial charge on any atom is 0.431 e. The van der Waals surface area contributed by atoms with Crippen molar-refractivity contribution in [1.82, 2.24) is 5.48 Å². The predicted molar refractivity (Wildman–Crippen MR) is 52.6 cm³/mol. The van der Waals surface area contributed by atoms with Crippen LogP contribution in [0.15, 0.2) is 12.2 Å². The molecule has 0 aromatic rings. The lowest BCUT2D eigenvalue weighted by Gasteiger charge is -2.20. The summed E-state index contributed by atoms with van der Waals surface area (Å²) in [6.07, 6.45) is 5.32. The van der Waals surface area contributed by atoms with E-state index in [4.69, 9.17) is 9.57 Å². The highest BCUT2D eigenvalue weighted by molar-refractivity contribution is 5.66. The van der Waals surface area contributed by atoms with Crippen molar-refractivity contribution < 1.29 is 14.4 Å². The zero-order valence-corrected chi connectivity index (χ0v) is 8.87. The van der Waals surface area contributed by atoms with Gasteiger partial charge < -0.3 is 4.74 Å². The molecule has 0 radical (unpaired) electrons. The van der Waals surface area contributed by atoms with Crippen LogP contribution in [0.1, 0.15) is 33.6 Å². The van der Waals surface area contributed by atoms with Gasteiger partial charge in [-0.3, -0.25) is 4.84 Å². The second-order valence-corrected chi connectivity index (χ2v) is 4.27. The van der Waals surface area contributed by atoms with Gasteiger partial charge in [-0.05, 0) is 33.6 Å². The van der Waals surface area contributed by atoms with Gasteiger partial charge in [0.1, 0.15) is 11.7 Å². The molecule has 0 spiro atoms. The van der Waals surface area contributed by atoms with Crippen LogP contribution in [-0.4, -0.2) is 17.8 Å². The number of carbonyl (C=O) groups is 1. The first-order valence-corrected chi connectivity index (χ1v) is 4.79. The normalized spacial score (nSPS) is 20.9. The largest absolute Gasteiger partial charge is 0.442 e. The number of hydrogen-bond acceptors (Lipinski definition) is 3. The Bertz CT molecular complexity index is 230. The van der Waals surface area contributed by atoms with Crippen LogP contribution in [0.5, 0.6) is 0 Å². The molecule has 0 aromatic carbocycles. The highest BCUT2D eigenvalue weighted by Crippen LogP contribution is 2.12. The molecule has 1 amide bonds. The summed E-state index contributed by atoms with van der Waals surface area (Å²) in [5.74, 6) is 0. The lowest BCUT2D eigenvalue weighted by molar-refractivity contribution is -0.0269. The second kappa shape index (κ2) is 4.46. The Morgan fingerprint density at radius 1 is 1.50 bits per heavy atom. The Morgan fingerprint density at radius 2 is 2.21 bits per heavy atom. The van der Waals surface area contributed by atoms with Crippen LogP contribution in [0.3, 0.4) is 0 Å². The Balaban J connectivity index is 2.18. The molecule has 14 heavy (non-hydrogen) atoms. The van der Waals surface area contributed by atoms with Crippen LogP contribution >= 0.6 is 0 Å². The van der Waals surface area contributed by atoms with Crippen molar-refractivity contribution >= 4 is 6.09 Å². The van der Waals surface area contributed by atoms with E-state index in [1.165, 1.54) is 0 Å². The number of nitrogens with one attached hydrogen (secondary N) is 1. The smallest absolute Gasteiger partial charge is 0.431 e. The van der Waals surface area contributed by atoms with E-state index in [2.05, 4.69) is 5.48 Å². The van der Waals surface area contributed by atoms with Crippen molar-refractivity contribution in [2.45, 2.75) is 45.3 Å². The zero-order chi connectivity index (χ0) is 10.6. The SMILES string of the molecule is CC(C)(C)OC(=O)NOC1C=CCC1. The molecule has 0 fully saturated rings. The summed E-state index contributed by atoms with van der Waals surface area (Å²) in [5.41, 5.74) is 1.78. The van der Waals surface area contributed by atoms with Gasteiger partial charge in [0.2, 0.25) is 0 Å². The van der Waals surface area contributed by atoms with E-state index in [1.807, 2.05) is 32.9 Å². The first-order chi connectivity index (χ1) is 6.47. The Morgan fingerprint density at radius 3 is 2.71 bits per heavy atom. The third-order valence-corrected chi connectivity index (χ3v) is 1.66. The fraction of sp³-hybridized carbons (Fsp3) is 0.700. The van der Waals surface area contributed by atoms with Gasteiger partial charge in [-0.25, -0.2) is 4.79 Å². The molecule has 1 N–H and O–H groups in total. The van der Waals surface area contributed by atoms with Gasteiger partial charge >= 0.3 is 6.09 Å². The molecule has 80 valence electrons. The van der Waals surface area contributed by atoms with Crippen molar-refractivity contribution in [2.24, 2.45) is 0 Å². The van der Waals surface area contributed by atoms with Crippen LogP contribution in [0, 0.1) is 0 Å². The lowest BCUT2D eigenvalue weighted by atomic mass is 10.2. The first-order valence-electron chi connectivity index (χ1n) is 4.79. The van der Waals surface area contributed by atoms with E-state index in [0.29, 0.717) is 0 Å². The molecular formula is C10H17NO3. The summed E-state index contributed by atoms with van der Waals surface area (Å²) in [7, 11) is 0. The van der Waals surface area contributed by atoms with Crippen molar-refractivity contribution in [3.63, 3.8) is 0 Å². The summed E-state index contributed by atoms with van der Waals surface area (Å²) in [4.78, 5) is 16.2. The highest BCUT2D eigenvalue weighted by Gasteiger charge is 2.17. The summed E-state index contributed by atoms with van der Waals surface area (Å²) >= 11 is 0. The average Bonchev–Trinajstić information content (AvgIpc) is 2.49. The monoisotopic (exact) mass is 199 g/mol. The number of amides is 1. The number of rotatable bonds is 2. The quantitative estimate of drug-likeness (QED) is 0.547. The van der Waals surface area contributed by atoms with Crippen molar-refractivity contribution in [1.29, 1.82) is 0 Å². The zero-order valence-electron chi connectivity index (χ0n) is 8.87. The molecule has 1 aliphatic carbocycles. The van der Waals surface area contributed by atoms with Crippen LogP contribution in [0.4, 0.5) is 4.79 Å². The average molecular weight is 199 g/mol. The number of carbonyl (C=O) groups excluding carboxylic acids is 1. The van der Waals surface area contributed by atoms with E-state index in [1.54, 1.807) is 0 Å². The summed E-state index contributed by atoms with van der Waals surface area (Å²) in [6.45, 7) is 5.42. The lowest BCUT2D eigenvalue weighted by Crippen LogP contribution is -2.34. The van der Waals surface area contributed by atoms with Gasteiger partial charge in [0.15, 0.2) is 0 Å². The number of hydrogen-bond donors (Lipinski definition) is 1. The molecule has 1 atom stereocenters. The van der Waals surface area contributed by atoms with Gasteiger partial charge in [0, 0.05) is 0 Å². The van der Waals surface area contributed by atoms with Gasteiger partial charge in [-0.15, -0.1) is 0 Å². The molecular weight excluding hydrogens is 182 g/mol. The number of allylic oxidation sites excluding steroid dienone is 1. The van der Waals surface area contributed by atoms with Gasteiger partial charge in [-0.2, -0.15) is 5.48 Å². The van der Waals surface area contributed by atoms with Crippen molar-refractivity contribution in [3.8, 4) is 0 Å². The Hall–Kier alpha value is -1.03. The third-order valence-electron chi connectivity index (χ3n) is 1.66. The molecule has 0 heterocycles. The fourth-order valence-electron chi connectivity index (χ4n) is 1.13. The van der Waals surface area contributed by atoms with E-state index >= 15 is 0 Å². The minimum atomic E-state index is -0.544. The number of ether oxygens (including phenoxy) is 1. The first kappa shape index (κ1) is 11.0. The van der Waals surface area contributed by atoms with Crippen LogP contribution in [0.25, 0.3) is 0 Å². The summed E-state index contributed by atoms with van der Waals surface area (Å²) < 4.78 is 5.00. The van der Waals surface area contributed by atoms with Crippen molar-refractivity contribution in [3.05, 3.63) is 12.2 Å². The molecule has 0 saturated heterocycles. The molecule has 0 aromatic heterocycles. The third kappa shape index (κ3) is 4.28. The maximum absolute atomic E-state index is 11.1. The molecule has 0 bridgehead atoms. The highest BCUT2D eigenvalue weighted by atomic mass is 16.7. The molecule has 1 unspecified atom stereocenters. The summed E-state index contributed by atoms with van der Waals surface area (Å²) in [5, 5.41) is 0. The van der Waals surface area contributed by atoms with Crippen LogP contribution in [0.2, 0.25) is 0 Å². The van der Waals surface area contributed by atoms with E-state index < -0.39 is 11.7 Å². The van der Waals surface area contributed by atoms with Gasteiger partial charge in [0.25, 0.3) is 0 Å². The van der Waals surface area contributed by atoms with Gasteiger partial charge in [-0.1, -0.05) is 12.2 Å². The Kier molecular flexibility index (Phi) is 3.52. The Labute approximate surface area is 84.2 Å². The minimum Gasteiger partial charge on any atom is -0.442 e. The summed E-state index contributed by atoms with van der Waals surface area (Å²) in [6, 6.07) is 0. The maximum atomic E-state index is 11.1. The van der Waals surface area contributed by atoms with Crippen LogP contribution < -0.4 is 5.48 Å². The predicted octanol–water partition coefficient (Wildman–Crippen LogP) is 2.16.